The molecule has 0 atom stereocenters. The van der Waals surface area contributed by atoms with Crippen LogP contribution < -0.4 is 10.6 Å². The molecule has 2 aromatic carbocycles. The summed E-state index contributed by atoms with van der Waals surface area (Å²) in [6.07, 6.45) is 0. The van der Waals surface area contributed by atoms with E-state index in [0.717, 1.165) is 5.56 Å². The number of anilines is 1. The van der Waals surface area contributed by atoms with Crippen molar-refractivity contribution < 1.29 is 9.18 Å². The molecule has 104 valence electrons. The van der Waals surface area contributed by atoms with Crippen LogP contribution in [0.15, 0.2) is 46.9 Å². The van der Waals surface area contributed by atoms with Crippen molar-refractivity contribution in [2.75, 3.05) is 11.9 Å². The second-order valence-electron chi connectivity index (χ2n) is 4.49. The zero-order valence-electron chi connectivity index (χ0n) is 10.9. The van der Waals surface area contributed by atoms with Gasteiger partial charge in [-0.1, -0.05) is 46.3 Å². The largest absolute Gasteiger partial charge is 0.370 e. The molecule has 0 spiro atoms. The van der Waals surface area contributed by atoms with Gasteiger partial charge in [0, 0.05) is 18.1 Å². The Kier molecular flexibility index (Phi) is 4.39. The van der Waals surface area contributed by atoms with Crippen LogP contribution >= 0.6 is 15.9 Å². The number of primary amides is 1. The van der Waals surface area contributed by atoms with Gasteiger partial charge in [0.1, 0.15) is 5.82 Å². The summed E-state index contributed by atoms with van der Waals surface area (Å²) in [6, 6.07) is 12.6. The van der Waals surface area contributed by atoms with E-state index in [0.29, 0.717) is 16.7 Å². The maximum Gasteiger partial charge on any atom is 0.253 e. The molecule has 3 nitrogen and oxygen atoms in total. The summed E-state index contributed by atoms with van der Waals surface area (Å²) >= 11 is 3.23. The van der Waals surface area contributed by atoms with Crippen molar-refractivity contribution in [1.82, 2.24) is 0 Å². The van der Waals surface area contributed by atoms with E-state index in [2.05, 4.69) is 15.9 Å². The number of amides is 1. The van der Waals surface area contributed by atoms with Gasteiger partial charge in [0.2, 0.25) is 0 Å². The molecule has 5 heteroatoms. The molecule has 0 unspecified atom stereocenters. The summed E-state index contributed by atoms with van der Waals surface area (Å²) in [5.41, 5.74) is 6.71. The summed E-state index contributed by atoms with van der Waals surface area (Å²) in [5.74, 6) is -1.40. The number of hydrogen-bond donors (Lipinski definition) is 1. The van der Waals surface area contributed by atoms with Gasteiger partial charge < -0.3 is 10.6 Å². The van der Waals surface area contributed by atoms with Gasteiger partial charge in [-0.15, -0.1) is 0 Å². The van der Waals surface area contributed by atoms with Crippen LogP contribution in [0.4, 0.5) is 10.1 Å². The SMILES string of the molecule is CN(Cc1ccccc1)c1cc(Br)cc(F)c1C(N)=O. The van der Waals surface area contributed by atoms with Gasteiger partial charge in [0.25, 0.3) is 5.91 Å². The van der Waals surface area contributed by atoms with E-state index >= 15 is 0 Å². The highest BCUT2D eigenvalue weighted by Gasteiger charge is 2.18. The van der Waals surface area contributed by atoms with Crippen molar-refractivity contribution >= 4 is 27.5 Å². The lowest BCUT2D eigenvalue weighted by Crippen LogP contribution is -2.23. The Bertz CT molecular complexity index is 631. The topological polar surface area (TPSA) is 46.3 Å². The van der Waals surface area contributed by atoms with Crippen LogP contribution in [0.5, 0.6) is 0 Å². The average Bonchev–Trinajstić information content (AvgIpc) is 2.38. The number of nitrogens with zero attached hydrogens (tertiary/aromatic N) is 1. The van der Waals surface area contributed by atoms with Gasteiger partial charge in [-0.05, 0) is 17.7 Å². The molecule has 20 heavy (non-hydrogen) atoms. The van der Waals surface area contributed by atoms with Crippen LogP contribution in [0.3, 0.4) is 0 Å². The monoisotopic (exact) mass is 336 g/mol. The minimum atomic E-state index is -0.773. The van der Waals surface area contributed by atoms with Crippen LogP contribution in [0.25, 0.3) is 0 Å². The van der Waals surface area contributed by atoms with Crippen molar-refractivity contribution in [3.8, 4) is 0 Å². The highest BCUT2D eigenvalue weighted by molar-refractivity contribution is 9.10. The highest BCUT2D eigenvalue weighted by Crippen LogP contribution is 2.28. The Morgan fingerprint density at radius 3 is 2.55 bits per heavy atom. The van der Waals surface area contributed by atoms with E-state index in [1.54, 1.807) is 18.0 Å². The Balaban J connectivity index is 2.38. The van der Waals surface area contributed by atoms with E-state index < -0.39 is 11.7 Å². The van der Waals surface area contributed by atoms with Gasteiger partial charge in [0.15, 0.2) is 0 Å². The highest BCUT2D eigenvalue weighted by atomic mass is 79.9. The van der Waals surface area contributed by atoms with Gasteiger partial charge in [0.05, 0.1) is 11.3 Å². The molecule has 0 aliphatic heterocycles. The number of hydrogen-bond acceptors (Lipinski definition) is 2. The number of nitrogens with two attached hydrogens (primary N) is 1. The Morgan fingerprint density at radius 1 is 1.30 bits per heavy atom. The summed E-state index contributed by atoms with van der Waals surface area (Å²) in [4.78, 5) is 13.2. The fourth-order valence-corrected chi connectivity index (χ4v) is 2.47. The van der Waals surface area contributed by atoms with E-state index in [-0.39, 0.29) is 5.56 Å². The van der Waals surface area contributed by atoms with Crippen LogP contribution in [-0.2, 0) is 6.54 Å². The van der Waals surface area contributed by atoms with Gasteiger partial charge >= 0.3 is 0 Å². The van der Waals surface area contributed by atoms with Crippen molar-refractivity contribution in [3.05, 3.63) is 63.9 Å². The third kappa shape index (κ3) is 3.17. The molecule has 0 saturated heterocycles. The minimum Gasteiger partial charge on any atom is -0.370 e. The molecule has 0 bridgehead atoms. The first-order valence-electron chi connectivity index (χ1n) is 6.03. The van der Waals surface area contributed by atoms with Crippen molar-refractivity contribution in [1.29, 1.82) is 0 Å². The minimum absolute atomic E-state index is 0.0911. The smallest absolute Gasteiger partial charge is 0.253 e. The molecule has 0 saturated carbocycles. The first kappa shape index (κ1) is 14.5. The van der Waals surface area contributed by atoms with Crippen molar-refractivity contribution in [3.63, 3.8) is 0 Å². The number of carbonyl (C=O) groups excluding carboxylic acids is 1. The van der Waals surface area contributed by atoms with Crippen LogP contribution in [0.1, 0.15) is 15.9 Å². The summed E-state index contributed by atoms with van der Waals surface area (Å²) in [5, 5.41) is 0. The lowest BCUT2D eigenvalue weighted by Gasteiger charge is -2.22. The number of benzene rings is 2. The van der Waals surface area contributed by atoms with Gasteiger partial charge in [-0.25, -0.2) is 4.39 Å². The fourth-order valence-electron chi connectivity index (χ4n) is 2.05. The Hall–Kier alpha value is -1.88. The second-order valence-corrected chi connectivity index (χ2v) is 5.40. The zero-order chi connectivity index (χ0) is 14.7. The van der Waals surface area contributed by atoms with Crippen LogP contribution in [0, 0.1) is 5.82 Å². The van der Waals surface area contributed by atoms with Crippen molar-refractivity contribution in [2.24, 2.45) is 5.73 Å². The maximum absolute atomic E-state index is 13.9. The molecular weight excluding hydrogens is 323 g/mol. The predicted molar refractivity (Wildman–Crippen MR) is 81.2 cm³/mol. The first-order valence-corrected chi connectivity index (χ1v) is 6.82. The molecule has 1 amide bonds. The predicted octanol–water partition coefficient (Wildman–Crippen LogP) is 3.32. The van der Waals surface area contributed by atoms with E-state index in [1.807, 2.05) is 30.3 Å². The molecular formula is C15H14BrFN2O. The summed E-state index contributed by atoms with van der Waals surface area (Å²) in [7, 11) is 1.79. The molecule has 2 N–H and O–H groups in total. The Morgan fingerprint density at radius 2 is 1.95 bits per heavy atom. The third-order valence-corrected chi connectivity index (χ3v) is 3.41. The lowest BCUT2D eigenvalue weighted by molar-refractivity contribution is 0.0997. The number of rotatable bonds is 4. The van der Waals surface area contributed by atoms with Crippen LogP contribution in [-0.4, -0.2) is 13.0 Å². The number of carbonyl (C=O) groups is 1. The van der Waals surface area contributed by atoms with Gasteiger partial charge in [-0.3, -0.25) is 4.79 Å². The maximum atomic E-state index is 13.9. The standard InChI is InChI=1S/C15H14BrFN2O/c1-19(9-10-5-3-2-4-6-10)13-8-11(16)7-12(17)14(13)15(18)20/h2-8H,9H2,1H3,(H2,18,20). The van der Waals surface area contributed by atoms with Crippen molar-refractivity contribution in [2.45, 2.75) is 6.54 Å². The van der Waals surface area contributed by atoms with Gasteiger partial charge in [-0.2, -0.15) is 0 Å². The molecule has 2 aromatic rings. The molecule has 0 aliphatic rings. The Labute approximate surface area is 125 Å². The fraction of sp³-hybridized carbons (Fsp3) is 0.133. The molecule has 0 aromatic heterocycles. The second kappa shape index (κ2) is 6.05. The molecule has 0 fully saturated rings. The number of halogens is 2. The first-order chi connectivity index (χ1) is 9.49. The molecule has 2 rings (SSSR count). The summed E-state index contributed by atoms with van der Waals surface area (Å²) in [6.45, 7) is 0.553. The van der Waals surface area contributed by atoms with E-state index in [1.165, 1.54) is 6.07 Å². The summed E-state index contributed by atoms with van der Waals surface area (Å²) < 4.78 is 14.5. The van der Waals surface area contributed by atoms with E-state index in [4.69, 9.17) is 5.73 Å². The molecule has 0 aliphatic carbocycles. The quantitative estimate of drug-likeness (QED) is 0.930. The van der Waals surface area contributed by atoms with Crippen LogP contribution in [0.2, 0.25) is 0 Å². The molecule has 0 heterocycles. The lowest BCUT2D eigenvalue weighted by atomic mass is 10.1. The zero-order valence-corrected chi connectivity index (χ0v) is 12.5. The average molecular weight is 337 g/mol. The normalized spacial score (nSPS) is 10.3. The third-order valence-electron chi connectivity index (χ3n) is 2.95. The van der Waals surface area contributed by atoms with E-state index in [9.17, 15) is 9.18 Å². The molecule has 0 radical (unpaired) electrons.